The van der Waals surface area contributed by atoms with Crippen LogP contribution in [-0.4, -0.2) is 34.9 Å². The van der Waals surface area contributed by atoms with E-state index in [1.54, 1.807) is 0 Å². The molecule has 3 N–H and O–H groups in total. The third-order valence-electron chi connectivity index (χ3n) is 8.15. The molecule has 4 nitrogen and oxygen atoms in total. The van der Waals surface area contributed by atoms with Crippen LogP contribution in [0.4, 0.5) is 0 Å². The highest BCUT2D eigenvalue weighted by atomic mass is 16.3. The Morgan fingerprint density at radius 1 is 0.526 bits per heavy atom. The Labute approximate surface area is 238 Å². The van der Waals surface area contributed by atoms with Gasteiger partial charge in [-0.3, -0.25) is 4.79 Å². The van der Waals surface area contributed by atoms with Crippen LogP contribution in [-0.2, 0) is 4.79 Å². The highest BCUT2D eigenvalue weighted by molar-refractivity contribution is 5.73. The van der Waals surface area contributed by atoms with Gasteiger partial charge in [0.05, 0.1) is 18.8 Å². The maximum atomic E-state index is 11.1. The first kappa shape index (κ1) is 37.4. The molecular weight excluding hydrogens is 470 g/mol. The normalized spacial score (nSPS) is 13.1. The predicted molar refractivity (Wildman–Crippen MR) is 166 cm³/mol. The summed E-state index contributed by atoms with van der Waals surface area (Å²) in [5.41, 5.74) is 0. The molecule has 0 fully saturated rings. The Balaban J connectivity index is 3.17. The maximum Gasteiger partial charge on any atom is 0.217 e. The lowest BCUT2D eigenvalue weighted by Crippen LogP contribution is -2.44. The second kappa shape index (κ2) is 30.9. The lowest BCUT2D eigenvalue weighted by molar-refractivity contribution is -0.121. The topological polar surface area (TPSA) is 69.6 Å². The SMILES string of the molecule is CCCCCCCCCCCCCCCCCCCCCCCCCCCCCC(O)C(CO)NC(C)=O. The van der Waals surface area contributed by atoms with Crippen molar-refractivity contribution < 1.29 is 15.0 Å². The number of carbonyl (C=O) groups excluding carboxylic acids is 1. The summed E-state index contributed by atoms with van der Waals surface area (Å²) in [5.74, 6) is -0.205. The molecule has 2 unspecified atom stereocenters. The van der Waals surface area contributed by atoms with Crippen LogP contribution in [0.15, 0.2) is 0 Å². The number of nitrogens with one attached hydrogen (secondary N) is 1. The molecule has 0 heterocycles. The molecule has 0 aromatic carbocycles. The van der Waals surface area contributed by atoms with Gasteiger partial charge in [0.25, 0.3) is 0 Å². The molecule has 0 aromatic rings. The number of aliphatic hydroxyl groups excluding tert-OH is 2. The van der Waals surface area contributed by atoms with Gasteiger partial charge in [0.2, 0.25) is 5.91 Å². The zero-order valence-corrected chi connectivity index (χ0v) is 26.0. The minimum absolute atomic E-state index is 0.205. The van der Waals surface area contributed by atoms with E-state index in [1.165, 1.54) is 167 Å². The lowest BCUT2D eigenvalue weighted by Gasteiger charge is -2.21. The van der Waals surface area contributed by atoms with Gasteiger partial charge in [-0.1, -0.05) is 180 Å². The Bertz CT molecular complexity index is 471. The molecule has 228 valence electrons. The summed E-state index contributed by atoms with van der Waals surface area (Å²) >= 11 is 0. The average Bonchev–Trinajstić information content (AvgIpc) is 2.91. The molecule has 0 radical (unpaired) electrons. The van der Waals surface area contributed by atoms with Gasteiger partial charge in [-0.15, -0.1) is 0 Å². The van der Waals surface area contributed by atoms with Gasteiger partial charge in [0.15, 0.2) is 0 Å². The first-order valence-electron chi connectivity index (χ1n) is 17.2. The summed E-state index contributed by atoms with van der Waals surface area (Å²) in [4.78, 5) is 11.1. The summed E-state index contributed by atoms with van der Waals surface area (Å²) in [6.45, 7) is 3.50. The zero-order valence-electron chi connectivity index (χ0n) is 26.0. The second-order valence-corrected chi connectivity index (χ2v) is 12.0. The van der Waals surface area contributed by atoms with Crippen LogP contribution in [0.2, 0.25) is 0 Å². The van der Waals surface area contributed by atoms with Crippen molar-refractivity contribution in [3.63, 3.8) is 0 Å². The third kappa shape index (κ3) is 28.4. The molecular formula is C34H69NO3. The molecule has 0 saturated heterocycles. The fraction of sp³-hybridized carbons (Fsp3) is 0.971. The first-order valence-corrected chi connectivity index (χ1v) is 17.2. The monoisotopic (exact) mass is 540 g/mol. The van der Waals surface area contributed by atoms with Crippen molar-refractivity contribution in [2.75, 3.05) is 6.61 Å². The zero-order chi connectivity index (χ0) is 27.9. The van der Waals surface area contributed by atoms with Crippen LogP contribution in [0.1, 0.15) is 194 Å². The number of rotatable bonds is 31. The minimum atomic E-state index is -0.650. The molecule has 2 atom stereocenters. The predicted octanol–water partition coefficient (Wildman–Crippen LogP) is 9.79. The van der Waals surface area contributed by atoms with Gasteiger partial charge in [0, 0.05) is 6.92 Å². The molecule has 0 rings (SSSR count). The second-order valence-electron chi connectivity index (χ2n) is 12.0. The van der Waals surface area contributed by atoms with E-state index < -0.39 is 12.1 Å². The van der Waals surface area contributed by atoms with Gasteiger partial charge in [0.1, 0.15) is 0 Å². The van der Waals surface area contributed by atoms with Crippen molar-refractivity contribution in [2.24, 2.45) is 0 Å². The smallest absolute Gasteiger partial charge is 0.217 e. The van der Waals surface area contributed by atoms with E-state index in [-0.39, 0.29) is 12.5 Å². The molecule has 0 bridgehead atoms. The molecule has 0 aromatic heterocycles. The fourth-order valence-corrected chi connectivity index (χ4v) is 5.57. The van der Waals surface area contributed by atoms with Crippen LogP contribution < -0.4 is 5.32 Å². The van der Waals surface area contributed by atoms with E-state index in [1.807, 2.05) is 0 Å². The van der Waals surface area contributed by atoms with E-state index in [2.05, 4.69) is 12.2 Å². The highest BCUT2D eigenvalue weighted by Gasteiger charge is 2.18. The minimum Gasteiger partial charge on any atom is -0.394 e. The van der Waals surface area contributed by atoms with E-state index in [4.69, 9.17) is 0 Å². The van der Waals surface area contributed by atoms with E-state index in [0.717, 1.165) is 12.8 Å². The van der Waals surface area contributed by atoms with Crippen molar-refractivity contribution in [2.45, 2.75) is 206 Å². The molecule has 0 spiro atoms. The van der Waals surface area contributed by atoms with Gasteiger partial charge in [-0.05, 0) is 6.42 Å². The van der Waals surface area contributed by atoms with Gasteiger partial charge in [-0.25, -0.2) is 0 Å². The van der Waals surface area contributed by atoms with E-state index >= 15 is 0 Å². The number of hydrogen-bond acceptors (Lipinski definition) is 3. The number of amides is 1. The Morgan fingerprint density at radius 3 is 1.03 bits per heavy atom. The number of aliphatic hydroxyl groups is 2. The molecule has 0 saturated carbocycles. The number of unbranched alkanes of at least 4 members (excludes halogenated alkanes) is 26. The van der Waals surface area contributed by atoms with Crippen molar-refractivity contribution >= 4 is 5.91 Å². The van der Waals surface area contributed by atoms with Gasteiger partial charge >= 0.3 is 0 Å². The van der Waals surface area contributed by atoms with Crippen LogP contribution in [0.5, 0.6) is 0 Å². The standard InChI is InChI=1S/C34H69NO3/c1-3-4-5-6-7-8-9-10-11-12-13-14-15-16-17-18-19-20-21-22-23-24-25-26-27-28-29-30-34(38)33(31-36)35-32(2)37/h33-34,36,38H,3-31H2,1-2H3,(H,35,37). The number of carbonyl (C=O) groups is 1. The molecule has 4 heteroatoms. The van der Waals surface area contributed by atoms with Gasteiger partial charge < -0.3 is 15.5 Å². The molecule has 38 heavy (non-hydrogen) atoms. The quantitative estimate of drug-likeness (QED) is 0.0768. The van der Waals surface area contributed by atoms with Crippen molar-refractivity contribution in [1.82, 2.24) is 5.32 Å². The van der Waals surface area contributed by atoms with Crippen molar-refractivity contribution in [1.29, 1.82) is 0 Å². The van der Waals surface area contributed by atoms with Crippen LogP contribution >= 0.6 is 0 Å². The Hall–Kier alpha value is -0.610. The summed E-state index contributed by atoms with van der Waals surface area (Å²) in [7, 11) is 0. The van der Waals surface area contributed by atoms with E-state index in [0.29, 0.717) is 6.42 Å². The maximum absolute atomic E-state index is 11.1. The Morgan fingerprint density at radius 2 is 0.789 bits per heavy atom. The highest BCUT2D eigenvalue weighted by Crippen LogP contribution is 2.16. The summed E-state index contributed by atoms with van der Waals surface area (Å²) in [6, 6.07) is -0.531. The Kier molecular flexibility index (Phi) is 30.4. The van der Waals surface area contributed by atoms with E-state index in [9.17, 15) is 15.0 Å². The lowest BCUT2D eigenvalue weighted by atomic mass is 10.0. The van der Waals surface area contributed by atoms with Crippen LogP contribution in [0.25, 0.3) is 0 Å². The fourth-order valence-electron chi connectivity index (χ4n) is 5.57. The van der Waals surface area contributed by atoms with Crippen LogP contribution in [0.3, 0.4) is 0 Å². The van der Waals surface area contributed by atoms with Crippen molar-refractivity contribution in [3.05, 3.63) is 0 Å². The molecule has 1 amide bonds. The number of hydrogen-bond donors (Lipinski definition) is 3. The van der Waals surface area contributed by atoms with Crippen LogP contribution in [0, 0.1) is 0 Å². The first-order chi connectivity index (χ1) is 18.6. The summed E-state index contributed by atoms with van der Waals surface area (Å²) in [6.07, 6.45) is 37.5. The summed E-state index contributed by atoms with van der Waals surface area (Å²) < 4.78 is 0. The molecule has 0 aliphatic carbocycles. The summed E-state index contributed by atoms with van der Waals surface area (Å²) in [5, 5.41) is 22.0. The molecule has 0 aliphatic rings. The van der Waals surface area contributed by atoms with Gasteiger partial charge in [-0.2, -0.15) is 0 Å². The van der Waals surface area contributed by atoms with Crippen molar-refractivity contribution in [3.8, 4) is 0 Å². The molecule has 0 aliphatic heterocycles. The largest absolute Gasteiger partial charge is 0.394 e. The average molecular weight is 540 g/mol. The third-order valence-corrected chi connectivity index (χ3v) is 8.15.